The van der Waals surface area contributed by atoms with Gasteiger partial charge in [0.25, 0.3) is 5.78 Å². The molecule has 2 aromatic heterocycles. The maximum atomic E-state index is 5.41. The van der Waals surface area contributed by atoms with Gasteiger partial charge in [-0.1, -0.05) is 11.8 Å². The molecule has 1 N–H and O–H groups in total. The minimum Gasteiger partial charge on any atom is -0.379 e. The third-order valence-electron chi connectivity index (χ3n) is 4.31. The molecule has 9 heteroatoms. The van der Waals surface area contributed by atoms with Crippen molar-refractivity contribution in [2.24, 2.45) is 0 Å². The Morgan fingerprint density at radius 1 is 1.29 bits per heavy atom. The van der Waals surface area contributed by atoms with Crippen LogP contribution in [0.4, 0.5) is 5.82 Å². The lowest BCUT2D eigenvalue weighted by molar-refractivity contribution is 0.0398. The predicted molar refractivity (Wildman–Crippen MR) is 97.4 cm³/mol. The second-order valence-electron chi connectivity index (χ2n) is 5.88. The van der Waals surface area contributed by atoms with Gasteiger partial charge < -0.3 is 10.1 Å². The number of nitrogens with zero attached hydrogens (tertiary/aromatic N) is 5. The zero-order valence-corrected chi connectivity index (χ0v) is 15.5. The number of aryl methyl sites for hydroxylation is 1. The molecule has 0 bridgehead atoms. The Bertz CT molecular complexity index is 716. The monoisotopic (exact) mass is 366 g/mol. The Morgan fingerprint density at radius 2 is 2.17 bits per heavy atom. The van der Waals surface area contributed by atoms with E-state index in [9.17, 15) is 0 Å². The van der Waals surface area contributed by atoms with E-state index in [0.717, 1.165) is 68.2 Å². The number of aromatic nitrogens is 4. The summed E-state index contributed by atoms with van der Waals surface area (Å²) in [4.78, 5) is 12.9. The SMILES string of the molecule is CSc1nc2nc3c(c(NCCN4CCOCC4)n2n1)SCCC3. The highest BCUT2D eigenvalue weighted by molar-refractivity contribution is 7.99. The number of morpholine rings is 1. The average Bonchev–Trinajstić information content (AvgIpc) is 3.05. The van der Waals surface area contributed by atoms with E-state index >= 15 is 0 Å². The largest absolute Gasteiger partial charge is 0.379 e. The number of hydrogen-bond donors (Lipinski definition) is 1. The lowest BCUT2D eigenvalue weighted by Gasteiger charge is -2.27. The van der Waals surface area contributed by atoms with Crippen molar-refractivity contribution in [3.8, 4) is 0 Å². The average molecular weight is 367 g/mol. The first-order chi connectivity index (χ1) is 11.8. The van der Waals surface area contributed by atoms with Crippen LogP contribution in [0.1, 0.15) is 12.1 Å². The summed E-state index contributed by atoms with van der Waals surface area (Å²) in [6.07, 6.45) is 4.20. The molecule has 2 aliphatic rings. The maximum Gasteiger partial charge on any atom is 0.255 e. The zero-order valence-electron chi connectivity index (χ0n) is 13.8. The first-order valence-electron chi connectivity index (χ1n) is 8.35. The molecule has 130 valence electrons. The van der Waals surface area contributed by atoms with E-state index in [1.54, 1.807) is 11.8 Å². The molecule has 7 nitrogen and oxygen atoms in total. The first-order valence-corrected chi connectivity index (χ1v) is 10.6. The summed E-state index contributed by atoms with van der Waals surface area (Å²) < 4.78 is 7.29. The molecule has 1 saturated heterocycles. The van der Waals surface area contributed by atoms with Crippen LogP contribution in [-0.4, -0.2) is 75.9 Å². The van der Waals surface area contributed by atoms with Gasteiger partial charge in [0.1, 0.15) is 5.82 Å². The summed E-state index contributed by atoms with van der Waals surface area (Å²) in [5, 5.41) is 8.98. The zero-order chi connectivity index (χ0) is 16.4. The second kappa shape index (κ2) is 7.47. The number of hydrogen-bond acceptors (Lipinski definition) is 8. The molecule has 0 amide bonds. The molecule has 2 aliphatic heterocycles. The van der Waals surface area contributed by atoms with Gasteiger partial charge in [0.15, 0.2) is 0 Å². The summed E-state index contributed by atoms with van der Waals surface area (Å²) >= 11 is 3.43. The van der Waals surface area contributed by atoms with Crippen LogP contribution in [-0.2, 0) is 11.2 Å². The molecule has 2 aromatic rings. The quantitative estimate of drug-likeness (QED) is 0.801. The van der Waals surface area contributed by atoms with Crippen LogP contribution in [0.2, 0.25) is 0 Å². The molecule has 0 atom stereocenters. The van der Waals surface area contributed by atoms with Gasteiger partial charge in [-0.25, -0.2) is 4.98 Å². The number of anilines is 1. The van der Waals surface area contributed by atoms with E-state index in [2.05, 4.69) is 20.3 Å². The van der Waals surface area contributed by atoms with Crippen molar-refractivity contribution in [2.45, 2.75) is 22.9 Å². The minimum absolute atomic E-state index is 0.703. The number of ether oxygens (including phenoxy) is 1. The Hall–Kier alpha value is -1.03. The van der Waals surface area contributed by atoms with Crippen LogP contribution < -0.4 is 5.32 Å². The van der Waals surface area contributed by atoms with Gasteiger partial charge in [-0.2, -0.15) is 9.50 Å². The van der Waals surface area contributed by atoms with Crippen LogP contribution in [0.5, 0.6) is 0 Å². The highest BCUT2D eigenvalue weighted by atomic mass is 32.2. The lowest BCUT2D eigenvalue weighted by Crippen LogP contribution is -2.39. The smallest absolute Gasteiger partial charge is 0.255 e. The summed E-state index contributed by atoms with van der Waals surface area (Å²) in [7, 11) is 0. The molecule has 0 unspecified atom stereocenters. The highest BCUT2D eigenvalue weighted by Crippen LogP contribution is 2.35. The molecule has 0 saturated carbocycles. The van der Waals surface area contributed by atoms with Gasteiger partial charge in [0, 0.05) is 26.2 Å². The van der Waals surface area contributed by atoms with Crippen molar-refractivity contribution in [3.05, 3.63) is 5.69 Å². The van der Waals surface area contributed by atoms with Crippen LogP contribution in [0.15, 0.2) is 10.1 Å². The fourth-order valence-corrected chi connectivity index (χ4v) is 4.48. The molecule has 1 fully saturated rings. The topological polar surface area (TPSA) is 67.6 Å². The number of rotatable bonds is 5. The molecule has 4 heterocycles. The Labute approximate surface area is 149 Å². The third-order valence-corrected chi connectivity index (χ3v) is 6.05. The van der Waals surface area contributed by atoms with Gasteiger partial charge in [-0.15, -0.1) is 16.9 Å². The van der Waals surface area contributed by atoms with Crippen LogP contribution >= 0.6 is 23.5 Å². The molecule has 0 radical (unpaired) electrons. The van der Waals surface area contributed by atoms with Crippen molar-refractivity contribution in [1.29, 1.82) is 0 Å². The second-order valence-corrected chi connectivity index (χ2v) is 7.76. The fourth-order valence-electron chi connectivity index (χ4n) is 3.05. The summed E-state index contributed by atoms with van der Waals surface area (Å²) in [6.45, 7) is 5.60. The van der Waals surface area contributed by atoms with E-state index in [4.69, 9.17) is 9.72 Å². The number of fused-ring (bicyclic) bond motifs is 2. The molecule has 4 rings (SSSR count). The highest BCUT2D eigenvalue weighted by Gasteiger charge is 2.21. The van der Waals surface area contributed by atoms with E-state index < -0.39 is 0 Å². The Morgan fingerprint density at radius 3 is 3.00 bits per heavy atom. The van der Waals surface area contributed by atoms with Crippen LogP contribution in [0.3, 0.4) is 0 Å². The van der Waals surface area contributed by atoms with E-state index in [0.29, 0.717) is 5.78 Å². The van der Waals surface area contributed by atoms with E-state index in [1.165, 1.54) is 11.3 Å². The summed E-state index contributed by atoms with van der Waals surface area (Å²) in [5.74, 6) is 2.90. The van der Waals surface area contributed by atoms with Crippen molar-refractivity contribution in [3.63, 3.8) is 0 Å². The van der Waals surface area contributed by atoms with Crippen molar-refractivity contribution >= 4 is 35.1 Å². The summed E-state index contributed by atoms with van der Waals surface area (Å²) in [5.41, 5.74) is 1.16. The maximum absolute atomic E-state index is 5.41. The van der Waals surface area contributed by atoms with Crippen molar-refractivity contribution in [2.75, 3.05) is 56.7 Å². The first kappa shape index (κ1) is 16.4. The van der Waals surface area contributed by atoms with Crippen LogP contribution in [0.25, 0.3) is 5.78 Å². The Balaban J connectivity index is 1.58. The Kier molecular flexibility index (Phi) is 5.11. The molecular weight excluding hydrogens is 344 g/mol. The fraction of sp³-hybridized carbons (Fsp3) is 0.667. The van der Waals surface area contributed by atoms with Crippen molar-refractivity contribution < 1.29 is 4.74 Å². The molecule has 0 spiro atoms. The molecule has 0 aliphatic carbocycles. The van der Waals surface area contributed by atoms with E-state index in [1.807, 2.05) is 22.5 Å². The predicted octanol–water partition coefficient (Wildman–Crippen LogP) is 1.63. The van der Waals surface area contributed by atoms with Gasteiger partial charge in [0.2, 0.25) is 5.16 Å². The van der Waals surface area contributed by atoms with Gasteiger partial charge >= 0.3 is 0 Å². The van der Waals surface area contributed by atoms with Crippen molar-refractivity contribution in [1.82, 2.24) is 24.5 Å². The number of nitrogens with one attached hydrogen (secondary N) is 1. The van der Waals surface area contributed by atoms with Gasteiger partial charge in [-0.3, -0.25) is 4.90 Å². The molecule has 0 aromatic carbocycles. The minimum atomic E-state index is 0.703. The summed E-state index contributed by atoms with van der Waals surface area (Å²) in [6, 6.07) is 0. The van der Waals surface area contributed by atoms with E-state index in [-0.39, 0.29) is 0 Å². The van der Waals surface area contributed by atoms with Crippen LogP contribution in [0, 0.1) is 0 Å². The molecular formula is C15H22N6OS2. The normalized spacial score (nSPS) is 18.7. The third kappa shape index (κ3) is 3.35. The lowest BCUT2D eigenvalue weighted by atomic mass is 10.2. The van der Waals surface area contributed by atoms with Gasteiger partial charge in [-0.05, 0) is 24.9 Å². The number of thioether (sulfide) groups is 2. The standard InChI is InChI=1S/C15H22N6OS2/c1-23-15-18-14-17-11-3-2-10-24-12(11)13(21(14)19-15)16-4-5-20-6-8-22-9-7-20/h16H,2-10H2,1H3. The molecule has 24 heavy (non-hydrogen) atoms. The van der Waals surface area contributed by atoms with Gasteiger partial charge in [0.05, 0.1) is 23.8 Å².